The smallest absolute Gasteiger partial charge is 0.184 e. The van der Waals surface area contributed by atoms with Crippen molar-refractivity contribution in [3.05, 3.63) is 24.6 Å². The Balaban J connectivity index is 4.16. The Hall–Kier alpha value is -1.20. The molecule has 0 rings (SSSR count). The van der Waals surface area contributed by atoms with Crippen LogP contribution in [-0.2, 0) is 0 Å². The molecule has 0 atom stereocenters. The Morgan fingerprint density at radius 1 is 1.00 bits per heavy atom. The lowest BCUT2D eigenvalue weighted by molar-refractivity contribution is 0.374. The fourth-order valence-electron chi connectivity index (χ4n) is 0.136. The standard InChI is InChI=1S/C4H2F4N2/c1-2(5)9-10-4(8)3(6)7/h1H2/b10-9+. The minimum atomic E-state index is -2.65. The van der Waals surface area contributed by atoms with Gasteiger partial charge in [0.25, 0.3) is 5.95 Å². The summed E-state index contributed by atoms with van der Waals surface area (Å²) in [6, 6.07) is 0. The van der Waals surface area contributed by atoms with Crippen LogP contribution in [0.2, 0.25) is 0 Å². The van der Waals surface area contributed by atoms with Gasteiger partial charge in [-0.15, -0.1) is 10.2 Å². The Morgan fingerprint density at radius 2 is 1.50 bits per heavy atom. The quantitative estimate of drug-likeness (QED) is 0.332. The third-order valence-corrected chi connectivity index (χ3v) is 0.402. The highest BCUT2D eigenvalue weighted by Gasteiger charge is 2.01. The van der Waals surface area contributed by atoms with Gasteiger partial charge in [0.05, 0.1) is 0 Å². The van der Waals surface area contributed by atoms with Crippen LogP contribution >= 0.6 is 0 Å². The maximum Gasteiger partial charge on any atom is 0.326 e. The molecular weight excluding hydrogens is 152 g/mol. The van der Waals surface area contributed by atoms with Crippen LogP contribution in [0.15, 0.2) is 34.8 Å². The molecule has 0 aromatic heterocycles. The van der Waals surface area contributed by atoms with Crippen molar-refractivity contribution in [2.45, 2.75) is 0 Å². The van der Waals surface area contributed by atoms with Crippen molar-refractivity contribution in [3.8, 4) is 0 Å². The summed E-state index contributed by atoms with van der Waals surface area (Å²) in [6.45, 7) is 2.53. The molecule has 0 aromatic carbocycles. The van der Waals surface area contributed by atoms with Gasteiger partial charge < -0.3 is 0 Å². The second kappa shape index (κ2) is 3.76. The van der Waals surface area contributed by atoms with Gasteiger partial charge in [0, 0.05) is 0 Å². The van der Waals surface area contributed by atoms with Crippen molar-refractivity contribution in [1.82, 2.24) is 0 Å². The van der Waals surface area contributed by atoms with E-state index in [0.717, 1.165) is 0 Å². The molecule has 0 aliphatic rings. The normalized spacial score (nSPS) is 10.0. The molecule has 0 saturated heterocycles. The van der Waals surface area contributed by atoms with Crippen molar-refractivity contribution in [3.63, 3.8) is 0 Å². The second-order valence-corrected chi connectivity index (χ2v) is 1.13. The maximum absolute atomic E-state index is 11.5. The van der Waals surface area contributed by atoms with E-state index in [4.69, 9.17) is 0 Å². The second-order valence-electron chi connectivity index (χ2n) is 1.13. The van der Waals surface area contributed by atoms with Crippen molar-refractivity contribution < 1.29 is 17.6 Å². The average Bonchev–Trinajstić information content (AvgIpc) is 1.82. The number of nitrogens with zero attached hydrogens (tertiary/aromatic N) is 2. The SMILES string of the molecule is C=C(F)/N=N/C(F)=C(F)F. The summed E-state index contributed by atoms with van der Waals surface area (Å²) in [5, 5.41) is 4.43. The molecule has 0 aromatic rings. The molecule has 2 nitrogen and oxygen atoms in total. The first-order valence-corrected chi connectivity index (χ1v) is 2.01. The molecule has 0 aliphatic heterocycles. The summed E-state index contributed by atoms with van der Waals surface area (Å²) in [5.74, 6) is -3.45. The van der Waals surface area contributed by atoms with Crippen LogP contribution in [0.1, 0.15) is 0 Å². The molecule has 10 heavy (non-hydrogen) atoms. The van der Waals surface area contributed by atoms with Crippen LogP contribution < -0.4 is 0 Å². The molecule has 0 radical (unpaired) electrons. The van der Waals surface area contributed by atoms with Gasteiger partial charge in [0.15, 0.2) is 0 Å². The van der Waals surface area contributed by atoms with E-state index in [9.17, 15) is 17.6 Å². The van der Waals surface area contributed by atoms with Gasteiger partial charge in [0.1, 0.15) is 0 Å². The first kappa shape index (κ1) is 8.80. The molecule has 0 N–H and O–H groups in total. The van der Waals surface area contributed by atoms with Crippen LogP contribution in [-0.4, -0.2) is 0 Å². The summed E-state index contributed by atoms with van der Waals surface area (Å²) in [6.07, 6.45) is -2.65. The molecule has 6 heteroatoms. The van der Waals surface area contributed by atoms with Crippen molar-refractivity contribution >= 4 is 0 Å². The third-order valence-electron chi connectivity index (χ3n) is 0.402. The topological polar surface area (TPSA) is 24.7 Å². The van der Waals surface area contributed by atoms with Crippen LogP contribution in [0.3, 0.4) is 0 Å². The number of azo groups is 1. The van der Waals surface area contributed by atoms with Crippen LogP contribution in [0.4, 0.5) is 17.6 Å². The first-order valence-electron chi connectivity index (χ1n) is 2.01. The summed E-state index contributed by atoms with van der Waals surface area (Å²) >= 11 is 0. The predicted octanol–water partition coefficient (Wildman–Crippen LogP) is 2.91. The zero-order valence-electron chi connectivity index (χ0n) is 4.61. The minimum absolute atomic E-state index is 1.34. The van der Waals surface area contributed by atoms with Gasteiger partial charge in [-0.05, 0) is 6.58 Å². The molecule has 0 unspecified atom stereocenters. The summed E-state index contributed by atoms with van der Waals surface area (Å²) < 4.78 is 45.1. The number of hydrogen-bond donors (Lipinski definition) is 0. The van der Waals surface area contributed by atoms with Crippen LogP contribution in [0.25, 0.3) is 0 Å². The van der Waals surface area contributed by atoms with E-state index >= 15 is 0 Å². The Kier molecular flexibility index (Phi) is 3.30. The fourth-order valence-corrected chi connectivity index (χ4v) is 0.136. The molecule has 0 spiro atoms. The van der Waals surface area contributed by atoms with E-state index in [1.807, 2.05) is 0 Å². The maximum atomic E-state index is 11.5. The monoisotopic (exact) mass is 154 g/mol. The van der Waals surface area contributed by atoms with E-state index in [1.165, 1.54) is 0 Å². The average molecular weight is 154 g/mol. The number of hydrogen-bond acceptors (Lipinski definition) is 2. The molecule has 0 saturated carbocycles. The summed E-state index contributed by atoms with van der Waals surface area (Å²) in [4.78, 5) is 0. The van der Waals surface area contributed by atoms with Gasteiger partial charge in [-0.2, -0.15) is 17.6 Å². The zero-order valence-corrected chi connectivity index (χ0v) is 4.61. The molecule has 0 bridgehead atoms. The van der Waals surface area contributed by atoms with Gasteiger partial charge in [-0.1, -0.05) is 0 Å². The Labute approximate surface area is 53.6 Å². The lowest BCUT2D eigenvalue weighted by atomic mass is 10.9. The highest BCUT2D eigenvalue weighted by molar-refractivity contribution is 4.88. The first-order chi connectivity index (χ1) is 4.54. The molecule has 0 fully saturated rings. The molecule has 0 amide bonds. The van der Waals surface area contributed by atoms with Crippen molar-refractivity contribution in [2.75, 3.05) is 0 Å². The highest BCUT2D eigenvalue weighted by atomic mass is 19.3. The van der Waals surface area contributed by atoms with E-state index in [1.54, 1.807) is 0 Å². The van der Waals surface area contributed by atoms with Gasteiger partial charge in [0.2, 0.25) is 5.95 Å². The highest BCUT2D eigenvalue weighted by Crippen LogP contribution is 2.11. The predicted molar refractivity (Wildman–Crippen MR) is 25.5 cm³/mol. The van der Waals surface area contributed by atoms with E-state index in [2.05, 4.69) is 16.8 Å². The molecule has 0 heterocycles. The van der Waals surface area contributed by atoms with Crippen molar-refractivity contribution in [2.24, 2.45) is 10.2 Å². The summed E-state index contributed by atoms with van der Waals surface area (Å²) in [7, 11) is 0. The van der Waals surface area contributed by atoms with E-state index in [0.29, 0.717) is 0 Å². The van der Waals surface area contributed by atoms with E-state index in [-0.39, 0.29) is 0 Å². The van der Waals surface area contributed by atoms with Crippen LogP contribution in [0.5, 0.6) is 0 Å². The molecule has 0 aliphatic carbocycles. The fraction of sp³-hybridized carbons (Fsp3) is 0. The molecular formula is C4H2F4N2. The zero-order chi connectivity index (χ0) is 8.15. The lowest BCUT2D eigenvalue weighted by Gasteiger charge is -1.80. The number of rotatable bonds is 2. The van der Waals surface area contributed by atoms with Crippen molar-refractivity contribution in [1.29, 1.82) is 0 Å². The van der Waals surface area contributed by atoms with Gasteiger partial charge in [-0.25, -0.2) is 0 Å². The number of halogens is 4. The summed E-state index contributed by atoms with van der Waals surface area (Å²) in [5.41, 5.74) is 0. The molecule has 56 valence electrons. The Morgan fingerprint density at radius 3 is 1.80 bits per heavy atom. The lowest BCUT2D eigenvalue weighted by Crippen LogP contribution is -1.67. The third kappa shape index (κ3) is 3.76. The Bertz CT molecular complexity index is 191. The van der Waals surface area contributed by atoms with Crippen LogP contribution in [0, 0.1) is 0 Å². The van der Waals surface area contributed by atoms with Gasteiger partial charge >= 0.3 is 6.08 Å². The largest absolute Gasteiger partial charge is 0.326 e. The van der Waals surface area contributed by atoms with E-state index < -0.39 is 18.0 Å². The minimum Gasteiger partial charge on any atom is -0.184 e. The van der Waals surface area contributed by atoms with Gasteiger partial charge in [-0.3, -0.25) is 0 Å².